The zero-order valence-corrected chi connectivity index (χ0v) is 17.1. The maximum atomic E-state index is 12.9. The van der Waals surface area contributed by atoms with E-state index in [1.807, 2.05) is 26.0 Å². The second-order valence-corrected chi connectivity index (χ2v) is 7.81. The maximum absolute atomic E-state index is 12.9. The minimum Gasteiger partial charge on any atom is -0.466 e. The first kappa shape index (κ1) is 20.4. The van der Waals surface area contributed by atoms with Gasteiger partial charge in [-0.3, -0.25) is 9.59 Å². The van der Waals surface area contributed by atoms with Crippen molar-refractivity contribution in [3.05, 3.63) is 35.4 Å². The molecule has 1 aromatic carbocycles. The van der Waals surface area contributed by atoms with E-state index in [4.69, 9.17) is 9.57 Å². The largest absolute Gasteiger partial charge is 0.466 e. The quantitative estimate of drug-likeness (QED) is 0.702. The van der Waals surface area contributed by atoms with Gasteiger partial charge in [-0.2, -0.15) is 0 Å². The molecule has 0 radical (unpaired) electrons. The molecular weight excluding hydrogens is 356 g/mol. The molecule has 0 unspecified atom stereocenters. The molecule has 6 heteroatoms. The number of benzene rings is 1. The van der Waals surface area contributed by atoms with Crippen molar-refractivity contribution in [1.29, 1.82) is 0 Å². The lowest BCUT2D eigenvalue weighted by Crippen LogP contribution is -2.51. The number of rotatable bonds is 6. The van der Waals surface area contributed by atoms with Crippen LogP contribution in [0.4, 0.5) is 0 Å². The lowest BCUT2D eigenvalue weighted by atomic mass is 9.74. The summed E-state index contributed by atoms with van der Waals surface area (Å²) >= 11 is 0. The number of oxime groups is 1. The summed E-state index contributed by atoms with van der Waals surface area (Å²) in [7, 11) is 0. The predicted molar refractivity (Wildman–Crippen MR) is 107 cm³/mol. The van der Waals surface area contributed by atoms with Crippen LogP contribution >= 0.6 is 0 Å². The van der Waals surface area contributed by atoms with Crippen molar-refractivity contribution in [3.8, 4) is 0 Å². The van der Waals surface area contributed by atoms with E-state index in [2.05, 4.69) is 24.2 Å². The molecule has 1 aromatic rings. The number of carbonyl (C=O) groups is 2. The Morgan fingerprint density at radius 3 is 2.71 bits per heavy atom. The summed E-state index contributed by atoms with van der Waals surface area (Å²) < 4.78 is 5.41. The number of piperidine rings is 1. The molecule has 0 N–H and O–H groups in total. The topological polar surface area (TPSA) is 68.2 Å². The van der Waals surface area contributed by atoms with E-state index in [-0.39, 0.29) is 18.0 Å². The predicted octanol–water partition coefficient (Wildman–Crippen LogP) is 3.46. The Hall–Kier alpha value is -2.37. The van der Waals surface area contributed by atoms with Crippen molar-refractivity contribution >= 4 is 17.6 Å². The van der Waals surface area contributed by atoms with Crippen LogP contribution in [-0.4, -0.2) is 48.3 Å². The Kier molecular flexibility index (Phi) is 6.37. The molecule has 2 heterocycles. The number of esters is 1. The molecule has 0 spiro atoms. The summed E-state index contributed by atoms with van der Waals surface area (Å²) in [5.74, 6) is -0.145. The van der Waals surface area contributed by atoms with Crippen molar-refractivity contribution in [2.75, 3.05) is 19.7 Å². The third-order valence-electron chi connectivity index (χ3n) is 5.68. The Morgan fingerprint density at radius 1 is 1.29 bits per heavy atom. The molecule has 152 valence electrons. The van der Waals surface area contributed by atoms with Gasteiger partial charge in [-0.05, 0) is 32.3 Å². The number of ether oxygens (including phenoxy) is 1. The lowest BCUT2D eigenvalue weighted by molar-refractivity contribution is -0.163. The summed E-state index contributed by atoms with van der Waals surface area (Å²) in [6.45, 7) is 7.15. The number of aryl methyl sites for hydroxylation is 1. The Morgan fingerprint density at radius 2 is 2.04 bits per heavy atom. The molecule has 0 aliphatic carbocycles. The fourth-order valence-electron chi connectivity index (χ4n) is 4.16. The Balaban J connectivity index is 1.73. The Bertz CT molecular complexity index is 743. The van der Waals surface area contributed by atoms with Crippen LogP contribution in [0.1, 0.15) is 57.1 Å². The van der Waals surface area contributed by atoms with Crippen molar-refractivity contribution < 1.29 is 19.2 Å². The number of hydrogen-bond acceptors (Lipinski definition) is 5. The van der Waals surface area contributed by atoms with Crippen molar-refractivity contribution in [1.82, 2.24) is 4.90 Å². The normalized spacial score (nSPS) is 24.5. The van der Waals surface area contributed by atoms with Gasteiger partial charge in [0.15, 0.2) is 0 Å². The number of likely N-dealkylation sites (tertiary alicyclic amines) is 1. The van der Waals surface area contributed by atoms with E-state index in [0.29, 0.717) is 45.4 Å². The molecular formula is C22H30N2O4. The van der Waals surface area contributed by atoms with Crippen molar-refractivity contribution in [2.24, 2.45) is 10.6 Å². The molecule has 1 fully saturated rings. The third kappa shape index (κ3) is 4.37. The highest BCUT2D eigenvalue weighted by molar-refractivity contribution is 6.01. The van der Waals surface area contributed by atoms with E-state index in [1.165, 1.54) is 5.56 Å². The van der Waals surface area contributed by atoms with Gasteiger partial charge >= 0.3 is 5.97 Å². The van der Waals surface area contributed by atoms with E-state index < -0.39 is 5.41 Å². The fraction of sp³-hybridized carbons (Fsp3) is 0.591. The molecule has 0 saturated carbocycles. The van der Waals surface area contributed by atoms with E-state index in [1.54, 1.807) is 4.90 Å². The fourth-order valence-corrected chi connectivity index (χ4v) is 4.16. The molecule has 0 aromatic heterocycles. The number of amides is 1. The zero-order chi connectivity index (χ0) is 20.1. The average molecular weight is 386 g/mol. The van der Waals surface area contributed by atoms with Crippen LogP contribution in [0.2, 0.25) is 0 Å². The summed E-state index contributed by atoms with van der Waals surface area (Å²) in [6, 6.07) is 8.20. The smallest absolute Gasteiger partial charge is 0.314 e. The van der Waals surface area contributed by atoms with E-state index in [9.17, 15) is 9.59 Å². The number of carbonyl (C=O) groups excluding carboxylic acids is 2. The molecule has 6 nitrogen and oxygen atoms in total. The first-order valence-corrected chi connectivity index (χ1v) is 10.2. The monoisotopic (exact) mass is 386 g/mol. The summed E-state index contributed by atoms with van der Waals surface area (Å²) in [6.07, 6.45) is 2.93. The van der Waals surface area contributed by atoms with Gasteiger partial charge in [0.05, 0.1) is 17.7 Å². The van der Waals surface area contributed by atoms with Crippen LogP contribution in [0.3, 0.4) is 0 Å². The highest BCUT2D eigenvalue weighted by Crippen LogP contribution is 2.39. The summed E-state index contributed by atoms with van der Waals surface area (Å²) in [5.41, 5.74) is 2.43. The molecule has 3 rings (SSSR count). The third-order valence-corrected chi connectivity index (χ3v) is 5.68. The molecule has 1 saturated heterocycles. The van der Waals surface area contributed by atoms with Crippen LogP contribution in [0, 0.1) is 12.3 Å². The lowest BCUT2D eigenvalue weighted by Gasteiger charge is -2.41. The molecule has 1 amide bonds. The molecule has 2 aliphatic rings. The minimum absolute atomic E-state index is 0.0808. The van der Waals surface area contributed by atoms with Crippen molar-refractivity contribution in [2.45, 2.75) is 59.0 Å². The SMILES string of the molecule is CCOC(=O)[C@]1(C[C@@H]2CC(c3ccc(C)cc3)=NO2)CCCN(C(=O)CC)C1. The highest BCUT2D eigenvalue weighted by atomic mass is 16.6. The van der Waals surface area contributed by atoms with Crippen LogP contribution in [0.5, 0.6) is 0 Å². The van der Waals surface area contributed by atoms with Crippen LogP contribution < -0.4 is 0 Å². The van der Waals surface area contributed by atoms with Gasteiger partial charge in [0.2, 0.25) is 5.91 Å². The molecule has 28 heavy (non-hydrogen) atoms. The average Bonchev–Trinajstić information content (AvgIpc) is 3.16. The van der Waals surface area contributed by atoms with Crippen LogP contribution in [-0.2, 0) is 19.2 Å². The van der Waals surface area contributed by atoms with Gasteiger partial charge in [-0.1, -0.05) is 41.9 Å². The zero-order valence-electron chi connectivity index (χ0n) is 17.1. The minimum atomic E-state index is -0.720. The molecule has 2 aliphatic heterocycles. The first-order valence-electron chi connectivity index (χ1n) is 10.2. The van der Waals surface area contributed by atoms with Gasteiger partial charge < -0.3 is 14.5 Å². The van der Waals surface area contributed by atoms with Crippen molar-refractivity contribution in [3.63, 3.8) is 0 Å². The molecule has 2 atom stereocenters. The second-order valence-electron chi connectivity index (χ2n) is 7.81. The van der Waals surface area contributed by atoms with Gasteiger partial charge in [0, 0.05) is 32.4 Å². The summed E-state index contributed by atoms with van der Waals surface area (Å²) in [5, 5.41) is 4.27. The van der Waals surface area contributed by atoms with Gasteiger partial charge in [0.25, 0.3) is 0 Å². The van der Waals surface area contributed by atoms with Crippen LogP contribution in [0.25, 0.3) is 0 Å². The highest BCUT2D eigenvalue weighted by Gasteiger charge is 2.47. The second kappa shape index (κ2) is 8.76. The summed E-state index contributed by atoms with van der Waals surface area (Å²) in [4.78, 5) is 32.7. The van der Waals surface area contributed by atoms with Gasteiger partial charge in [-0.25, -0.2) is 0 Å². The maximum Gasteiger partial charge on any atom is 0.314 e. The van der Waals surface area contributed by atoms with Crippen LogP contribution in [0.15, 0.2) is 29.4 Å². The standard InChI is InChI=1S/C22H30N2O4/c1-4-20(25)24-12-6-11-22(15-24,21(26)27-5-2)14-18-13-19(23-28-18)17-9-7-16(3)8-10-17/h7-10,18H,4-6,11-15H2,1-3H3/t18-,22-/m0/s1. The number of hydrogen-bond donors (Lipinski definition) is 0. The number of nitrogens with zero attached hydrogens (tertiary/aromatic N) is 2. The molecule has 0 bridgehead atoms. The van der Waals surface area contributed by atoms with Gasteiger partial charge in [-0.15, -0.1) is 0 Å². The van der Waals surface area contributed by atoms with E-state index >= 15 is 0 Å². The van der Waals surface area contributed by atoms with Gasteiger partial charge in [0.1, 0.15) is 6.10 Å². The van der Waals surface area contributed by atoms with E-state index in [0.717, 1.165) is 17.7 Å². The Labute approximate surface area is 166 Å². The first-order chi connectivity index (χ1) is 13.5.